The van der Waals surface area contributed by atoms with Crippen LogP contribution in [-0.2, 0) is 23.9 Å². The monoisotopic (exact) mass is 474 g/mol. The maximum atomic E-state index is 12.6. The SMILES string of the molecule is CC(=O)OCC1=C(C(=O)O)N2C(=O)[C@@H](NC(=O)C(O)c3ccc(Cl)c(Cl)c3)[C@H]2SC1. The number of nitrogens with zero attached hydrogens (tertiary/aromatic N) is 1. The molecule has 0 aliphatic carbocycles. The molecule has 3 N–H and O–H groups in total. The first-order chi connectivity index (χ1) is 14.1. The minimum absolute atomic E-state index is 0.159. The molecular weight excluding hydrogens is 459 g/mol. The van der Waals surface area contributed by atoms with Crippen molar-refractivity contribution in [3.63, 3.8) is 0 Å². The number of hydrogen-bond acceptors (Lipinski definition) is 7. The average Bonchev–Trinajstić information content (AvgIpc) is 2.70. The lowest BCUT2D eigenvalue weighted by Gasteiger charge is -2.49. The maximum absolute atomic E-state index is 12.6. The van der Waals surface area contributed by atoms with Crippen molar-refractivity contribution in [2.75, 3.05) is 12.4 Å². The Morgan fingerprint density at radius 3 is 2.63 bits per heavy atom. The Balaban J connectivity index is 1.72. The number of carbonyl (C=O) groups is 4. The molecule has 0 saturated carbocycles. The van der Waals surface area contributed by atoms with Crippen LogP contribution < -0.4 is 5.32 Å². The zero-order valence-electron chi connectivity index (χ0n) is 15.4. The van der Waals surface area contributed by atoms with Crippen molar-refractivity contribution >= 4 is 58.7 Å². The van der Waals surface area contributed by atoms with Crippen LogP contribution in [0.15, 0.2) is 29.5 Å². The highest BCUT2D eigenvalue weighted by Gasteiger charge is 2.54. The van der Waals surface area contributed by atoms with Gasteiger partial charge < -0.3 is 20.3 Å². The molecule has 0 spiro atoms. The van der Waals surface area contributed by atoms with Gasteiger partial charge in [0.05, 0.1) is 10.0 Å². The van der Waals surface area contributed by atoms with Crippen molar-refractivity contribution in [3.05, 3.63) is 45.1 Å². The number of aliphatic hydroxyl groups excluding tert-OH is 1. The van der Waals surface area contributed by atoms with Gasteiger partial charge in [-0.2, -0.15) is 0 Å². The fraction of sp³-hybridized carbons (Fsp3) is 0.333. The summed E-state index contributed by atoms with van der Waals surface area (Å²) >= 11 is 12.9. The zero-order chi connectivity index (χ0) is 22.2. The Kier molecular flexibility index (Phi) is 6.61. The van der Waals surface area contributed by atoms with E-state index in [4.69, 9.17) is 27.9 Å². The molecule has 0 radical (unpaired) electrons. The number of carboxylic acid groups (broad SMARTS) is 1. The summed E-state index contributed by atoms with van der Waals surface area (Å²) in [6.45, 7) is 0.951. The number of aliphatic carboxylic acids is 1. The predicted octanol–water partition coefficient (Wildman–Crippen LogP) is 1.33. The van der Waals surface area contributed by atoms with E-state index in [1.165, 1.54) is 36.9 Å². The second-order valence-corrected chi connectivity index (χ2v) is 8.43. The highest BCUT2D eigenvalue weighted by molar-refractivity contribution is 8.00. The van der Waals surface area contributed by atoms with Crippen LogP contribution in [-0.4, -0.2) is 62.6 Å². The van der Waals surface area contributed by atoms with Gasteiger partial charge in [-0.25, -0.2) is 4.79 Å². The smallest absolute Gasteiger partial charge is 0.352 e. The number of esters is 1. The lowest BCUT2D eigenvalue weighted by Crippen LogP contribution is -2.71. The van der Waals surface area contributed by atoms with Gasteiger partial charge in [0, 0.05) is 18.2 Å². The zero-order valence-corrected chi connectivity index (χ0v) is 17.8. The molecule has 0 bridgehead atoms. The minimum atomic E-state index is -1.59. The van der Waals surface area contributed by atoms with Gasteiger partial charge in [-0.05, 0) is 17.7 Å². The summed E-state index contributed by atoms with van der Waals surface area (Å²) < 4.78 is 4.86. The van der Waals surface area contributed by atoms with E-state index in [0.717, 1.165) is 4.90 Å². The number of nitrogens with one attached hydrogen (secondary N) is 1. The predicted molar refractivity (Wildman–Crippen MR) is 108 cm³/mol. The normalized spacial score (nSPS) is 21.5. The Hall–Kier alpha value is -2.27. The lowest BCUT2D eigenvalue weighted by molar-refractivity contribution is -0.152. The van der Waals surface area contributed by atoms with Crippen molar-refractivity contribution in [2.24, 2.45) is 0 Å². The first-order valence-corrected chi connectivity index (χ1v) is 10.4. The Morgan fingerprint density at radius 1 is 1.33 bits per heavy atom. The number of halogens is 2. The van der Waals surface area contributed by atoms with Gasteiger partial charge in [0.15, 0.2) is 6.10 Å². The first-order valence-electron chi connectivity index (χ1n) is 8.58. The third-order valence-corrected chi connectivity index (χ3v) is 6.58. The van der Waals surface area contributed by atoms with Crippen LogP contribution in [0.4, 0.5) is 0 Å². The molecule has 30 heavy (non-hydrogen) atoms. The van der Waals surface area contributed by atoms with Gasteiger partial charge in [0.2, 0.25) is 0 Å². The second kappa shape index (κ2) is 8.84. The third kappa shape index (κ3) is 4.27. The Morgan fingerprint density at radius 2 is 2.03 bits per heavy atom. The van der Waals surface area contributed by atoms with Crippen molar-refractivity contribution in [2.45, 2.75) is 24.4 Å². The molecular formula is C18H16Cl2N2O7S. The van der Waals surface area contributed by atoms with E-state index >= 15 is 0 Å². The number of hydrogen-bond donors (Lipinski definition) is 3. The summed E-state index contributed by atoms with van der Waals surface area (Å²) in [5.74, 6) is -3.18. The molecule has 2 aliphatic rings. The lowest BCUT2D eigenvalue weighted by atomic mass is 10.0. The summed E-state index contributed by atoms with van der Waals surface area (Å²) in [7, 11) is 0. The largest absolute Gasteiger partial charge is 0.477 e. The molecule has 2 amide bonds. The van der Waals surface area contributed by atoms with Crippen molar-refractivity contribution in [1.82, 2.24) is 10.2 Å². The summed E-state index contributed by atoms with van der Waals surface area (Å²) in [5.41, 5.74) is 0.213. The molecule has 1 unspecified atom stereocenters. The molecule has 3 atom stereocenters. The maximum Gasteiger partial charge on any atom is 0.352 e. The van der Waals surface area contributed by atoms with E-state index in [9.17, 15) is 29.4 Å². The second-order valence-electron chi connectivity index (χ2n) is 6.51. The van der Waals surface area contributed by atoms with E-state index < -0.39 is 41.3 Å². The molecule has 1 fully saturated rings. The number of carbonyl (C=O) groups excluding carboxylic acids is 3. The van der Waals surface area contributed by atoms with Gasteiger partial charge in [0.1, 0.15) is 23.7 Å². The molecule has 9 nitrogen and oxygen atoms in total. The number of thioether (sulfide) groups is 1. The van der Waals surface area contributed by atoms with Crippen LogP contribution in [0.3, 0.4) is 0 Å². The molecule has 3 rings (SSSR count). The molecule has 2 aliphatic heterocycles. The van der Waals surface area contributed by atoms with Crippen molar-refractivity contribution < 1.29 is 34.1 Å². The standard InChI is InChI=1S/C18H16Cl2N2O7S/c1-7(23)29-5-9-6-30-17-12(16(26)22(17)13(9)18(27)28)21-15(25)14(24)8-2-3-10(19)11(20)4-8/h2-4,12,14,17,24H,5-6H2,1H3,(H,21,25)(H,27,28)/t12-,14?,17-/m1/s1. The quantitative estimate of drug-likeness (QED) is 0.415. The Bertz CT molecular complexity index is 968. The van der Waals surface area contributed by atoms with Crippen LogP contribution >= 0.6 is 35.0 Å². The molecule has 2 heterocycles. The van der Waals surface area contributed by atoms with E-state index in [-0.39, 0.29) is 39.2 Å². The third-order valence-electron chi connectivity index (χ3n) is 4.50. The number of ether oxygens (including phenoxy) is 1. The summed E-state index contributed by atoms with van der Waals surface area (Å²) in [6.07, 6.45) is -1.59. The topological polar surface area (TPSA) is 133 Å². The Labute approximate surface area is 184 Å². The summed E-state index contributed by atoms with van der Waals surface area (Å²) in [5, 5.41) is 22.0. The number of rotatable bonds is 6. The van der Waals surface area contributed by atoms with Crippen LogP contribution in [0.25, 0.3) is 0 Å². The van der Waals surface area contributed by atoms with Gasteiger partial charge in [-0.15, -0.1) is 11.8 Å². The van der Waals surface area contributed by atoms with Gasteiger partial charge in [-0.3, -0.25) is 19.3 Å². The van der Waals surface area contributed by atoms with Crippen LogP contribution in [0.1, 0.15) is 18.6 Å². The van der Waals surface area contributed by atoms with Crippen LogP contribution in [0, 0.1) is 0 Å². The first kappa shape index (κ1) is 22.4. The summed E-state index contributed by atoms with van der Waals surface area (Å²) in [6, 6.07) is 3.18. The highest BCUT2D eigenvalue weighted by Crippen LogP contribution is 2.40. The average molecular weight is 475 g/mol. The number of carboxylic acids is 1. The fourth-order valence-electron chi connectivity index (χ4n) is 3.05. The van der Waals surface area contributed by atoms with Gasteiger partial charge in [0.25, 0.3) is 11.8 Å². The van der Waals surface area contributed by atoms with Crippen molar-refractivity contribution in [3.8, 4) is 0 Å². The number of amides is 2. The summed E-state index contributed by atoms with van der Waals surface area (Å²) in [4.78, 5) is 48.7. The minimum Gasteiger partial charge on any atom is -0.477 e. The molecule has 1 aromatic rings. The molecule has 1 aromatic carbocycles. The molecule has 160 valence electrons. The van der Waals surface area contributed by atoms with E-state index in [1.54, 1.807) is 0 Å². The fourth-order valence-corrected chi connectivity index (χ4v) is 4.68. The highest BCUT2D eigenvalue weighted by atomic mass is 35.5. The van der Waals surface area contributed by atoms with Crippen LogP contribution in [0.5, 0.6) is 0 Å². The van der Waals surface area contributed by atoms with Gasteiger partial charge >= 0.3 is 11.9 Å². The number of aliphatic hydroxyl groups is 1. The van der Waals surface area contributed by atoms with Crippen LogP contribution in [0.2, 0.25) is 10.0 Å². The van der Waals surface area contributed by atoms with E-state index in [0.29, 0.717) is 0 Å². The van der Waals surface area contributed by atoms with Crippen molar-refractivity contribution in [1.29, 1.82) is 0 Å². The molecule has 12 heteroatoms. The number of β-lactam (4-membered cyclic amide) rings is 1. The number of fused-ring (bicyclic) bond motifs is 1. The van der Waals surface area contributed by atoms with E-state index in [1.807, 2.05) is 0 Å². The molecule has 1 saturated heterocycles. The van der Waals surface area contributed by atoms with E-state index in [2.05, 4.69) is 5.32 Å². The number of benzene rings is 1. The molecule has 0 aromatic heterocycles. The van der Waals surface area contributed by atoms with Gasteiger partial charge in [-0.1, -0.05) is 29.3 Å².